The molecule has 4 aromatic carbocycles. The zero-order valence-electron chi connectivity index (χ0n) is 21.4. The summed E-state index contributed by atoms with van der Waals surface area (Å²) in [6, 6.07) is 6.10. The zero-order valence-corrected chi connectivity index (χ0v) is 21.4. The number of phenols is 7. The number of benzene rings is 3. The fourth-order valence-corrected chi connectivity index (χ4v) is 4.77. The first-order chi connectivity index (χ1) is 20.3. The van der Waals surface area contributed by atoms with Gasteiger partial charge in [-0.15, -0.1) is 4.91 Å². The first-order valence-corrected chi connectivity index (χ1v) is 12.1. The highest BCUT2D eigenvalue weighted by molar-refractivity contribution is 6.01. The molecule has 15 nitrogen and oxygen atoms in total. The lowest BCUT2D eigenvalue weighted by molar-refractivity contribution is -0.0184. The molecule has 4 aromatic rings. The molecule has 0 fully saturated rings. The molecule has 15 heteroatoms. The Hall–Kier alpha value is -6.25. The van der Waals surface area contributed by atoms with E-state index in [4.69, 9.17) is 9.47 Å². The smallest absolute Gasteiger partial charge is 0.338 e. The molecule has 1 aliphatic rings. The lowest BCUT2D eigenvalue weighted by atomic mass is 9.90. The molecule has 0 aliphatic carbocycles. The molecule has 0 radical (unpaired) electrons. The van der Waals surface area contributed by atoms with Crippen molar-refractivity contribution in [3.8, 4) is 51.7 Å². The van der Waals surface area contributed by atoms with Crippen LogP contribution in [0, 0.1) is 4.91 Å². The normalized spacial score (nSPS) is 15.7. The molecular formula is C28H19NO14. The number of carbonyl (C=O) groups is 2. The number of carbonyl (C=O) groups excluding carboxylic acids is 2. The second kappa shape index (κ2) is 10.3. The second-order valence-electron chi connectivity index (χ2n) is 9.47. The summed E-state index contributed by atoms with van der Waals surface area (Å²) >= 11 is 0. The van der Waals surface area contributed by atoms with Gasteiger partial charge in [0.15, 0.2) is 40.6 Å². The Morgan fingerprint density at radius 1 is 0.767 bits per heavy atom. The first kappa shape index (κ1) is 28.3. The number of nitrogens with zero attached hydrogens (tertiary/aromatic N) is 1. The quantitative estimate of drug-likeness (QED) is 0.0961. The summed E-state index contributed by atoms with van der Waals surface area (Å²) in [5, 5.41) is 82.3. The van der Waals surface area contributed by atoms with E-state index in [-0.39, 0.29) is 28.7 Å². The van der Waals surface area contributed by atoms with Crippen molar-refractivity contribution in [1.29, 1.82) is 0 Å². The van der Waals surface area contributed by atoms with E-state index in [0.717, 1.165) is 36.4 Å². The molecule has 0 spiro atoms. The van der Waals surface area contributed by atoms with Gasteiger partial charge in [0, 0.05) is 40.4 Å². The Kier molecular flexibility index (Phi) is 6.77. The number of esters is 1. The number of nitroso groups, excluding NO2 is 1. The molecule has 43 heavy (non-hydrogen) atoms. The molecule has 0 aromatic heterocycles. The summed E-state index contributed by atoms with van der Waals surface area (Å²) in [4.78, 5) is 49.3. The van der Waals surface area contributed by atoms with Gasteiger partial charge in [0.25, 0.3) is 0 Å². The van der Waals surface area contributed by atoms with Crippen LogP contribution in [-0.4, -0.2) is 58.8 Å². The fourth-order valence-electron chi connectivity index (χ4n) is 4.77. The third kappa shape index (κ3) is 4.84. The summed E-state index contributed by atoms with van der Waals surface area (Å²) in [5.74, 6) is -9.24. The standard InChI is InChI=1S/C28H19NO14/c30-11-5-15(31)14-8-21(43-28(40)10-3-16(32)23(36)17(33)4-10)26(42-20(14)6-11)13-7-19(35)25(38)22-12(13)1-9(27(39)29-41)2-18(34)24(22)37/h1-7,21,26,30-33,35-36,38H,8H2,(H,34,37)/t21-,26-/m1/s1. The maximum atomic E-state index is 13.1. The number of fused-ring (bicyclic) bond motifs is 2. The number of hydrogen-bond acceptors (Lipinski definition) is 14. The van der Waals surface area contributed by atoms with Crippen LogP contribution < -0.4 is 10.2 Å². The third-order valence-corrected chi connectivity index (χ3v) is 6.77. The molecule has 0 saturated heterocycles. The van der Waals surface area contributed by atoms with Crippen molar-refractivity contribution in [2.24, 2.45) is 5.18 Å². The summed E-state index contributed by atoms with van der Waals surface area (Å²) in [5.41, 5.74) is -2.50. The minimum atomic E-state index is -1.55. The monoisotopic (exact) mass is 593 g/mol. The molecule has 1 amide bonds. The largest absolute Gasteiger partial charge is 0.508 e. The fraction of sp³-hybridized carbons (Fsp3) is 0.107. The maximum Gasteiger partial charge on any atom is 0.338 e. The Bertz CT molecular complexity index is 1910. The van der Waals surface area contributed by atoms with E-state index in [1.165, 1.54) is 0 Å². The molecule has 0 unspecified atom stereocenters. The molecule has 0 saturated carbocycles. The minimum Gasteiger partial charge on any atom is -0.508 e. The Balaban J connectivity index is 1.76. The predicted octanol–water partition coefficient (Wildman–Crippen LogP) is 2.65. The van der Waals surface area contributed by atoms with E-state index >= 15 is 0 Å². The number of hydrogen-bond donors (Lipinski definition) is 8. The molecule has 220 valence electrons. The van der Waals surface area contributed by atoms with Crippen LogP contribution in [0.3, 0.4) is 0 Å². The van der Waals surface area contributed by atoms with Crippen molar-refractivity contribution in [2.75, 3.05) is 0 Å². The summed E-state index contributed by atoms with van der Waals surface area (Å²) < 4.78 is 11.5. The van der Waals surface area contributed by atoms with Crippen molar-refractivity contribution in [3.05, 3.63) is 79.8 Å². The lowest BCUT2D eigenvalue weighted by Gasteiger charge is -2.34. The van der Waals surface area contributed by atoms with Gasteiger partial charge >= 0.3 is 11.9 Å². The Morgan fingerprint density at radius 2 is 1.40 bits per heavy atom. The van der Waals surface area contributed by atoms with Crippen molar-refractivity contribution >= 4 is 22.6 Å². The third-order valence-electron chi connectivity index (χ3n) is 6.77. The van der Waals surface area contributed by atoms with Crippen LogP contribution in [0.1, 0.15) is 37.9 Å². The summed E-state index contributed by atoms with van der Waals surface area (Å²) in [6.07, 6.45) is -3.37. The molecule has 1 aliphatic heterocycles. The number of ether oxygens (including phenoxy) is 2. The molecule has 8 N–H and O–H groups in total. The first-order valence-electron chi connectivity index (χ1n) is 12.1. The van der Waals surface area contributed by atoms with E-state index in [0.29, 0.717) is 6.07 Å². The minimum absolute atomic E-state index is 0.0456. The van der Waals surface area contributed by atoms with Gasteiger partial charge in [0.1, 0.15) is 23.4 Å². The predicted molar refractivity (Wildman–Crippen MR) is 143 cm³/mol. The van der Waals surface area contributed by atoms with E-state index in [9.17, 15) is 60.1 Å². The van der Waals surface area contributed by atoms with Gasteiger partial charge in [-0.1, -0.05) is 0 Å². The molecular weight excluding hydrogens is 574 g/mol. The Labute approximate surface area is 238 Å². The second-order valence-corrected chi connectivity index (χ2v) is 9.47. The average molecular weight is 593 g/mol. The summed E-state index contributed by atoms with van der Waals surface area (Å²) in [7, 11) is 0. The zero-order chi connectivity index (χ0) is 31.3. The van der Waals surface area contributed by atoms with Gasteiger partial charge in [-0.3, -0.25) is 9.59 Å². The average Bonchev–Trinajstić information content (AvgIpc) is 3.09. The Morgan fingerprint density at radius 3 is 2.05 bits per heavy atom. The topological polar surface area (TPSA) is 261 Å². The van der Waals surface area contributed by atoms with E-state index < -0.39 is 92.0 Å². The SMILES string of the molecule is O=NC(=O)c1cc(O)c(=O)c2c(O)c(O)cc([C@H]3Oc4cc(O)cc(O)c4C[C@H]3OC(=O)c3cc(O)c(O)c(O)c3)c2c1. The van der Waals surface area contributed by atoms with Crippen LogP contribution >= 0.6 is 0 Å². The highest BCUT2D eigenvalue weighted by Crippen LogP contribution is 2.47. The van der Waals surface area contributed by atoms with Crippen LogP contribution in [0.2, 0.25) is 0 Å². The van der Waals surface area contributed by atoms with Crippen molar-refractivity contribution in [1.82, 2.24) is 0 Å². The molecule has 1 heterocycles. The van der Waals surface area contributed by atoms with Crippen LogP contribution in [0.15, 0.2) is 52.4 Å². The lowest BCUT2D eigenvalue weighted by Crippen LogP contribution is -2.35. The molecule has 2 atom stereocenters. The summed E-state index contributed by atoms with van der Waals surface area (Å²) in [6.45, 7) is 0. The number of phenolic OH excluding ortho intramolecular Hbond substituents is 7. The van der Waals surface area contributed by atoms with Crippen molar-refractivity contribution in [2.45, 2.75) is 18.6 Å². The van der Waals surface area contributed by atoms with Crippen LogP contribution in [0.25, 0.3) is 10.8 Å². The van der Waals surface area contributed by atoms with Gasteiger partial charge in [-0.25, -0.2) is 4.79 Å². The van der Waals surface area contributed by atoms with E-state index in [1.807, 2.05) is 0 Å². The van der Waals surface area contributed by atoms with E-state index in [2.05, 4.69) is 5.18 Å². The molecule has 5 rings (SSSR count). The van der Waals surface area contributed by atoms with Crippen LogP contribution in [-0.2, 0) is 11.2 Å². The van der Waals surface area contributed by atoms with Crippen molar-refractivity contribution in [3.63, 3.8) is 0 Å². The number of amides is 1. The van der Waals surface area contributed by atoms with Gasteiger partial charge in [-0.2, -0.15) is 0 Å². The van der Waals surface area contributed by atoms with Crippen LogP contribution in [0.4, 0.5) is 0 Å². The maximum absolute atomic E-state index is 13.1. The highest BCUT2D eigenvalue weighted by atomic mass is 16.6. The molecule has 0 bridgehead atoms. The van der Waals surface area contributed by atoms with Gasteiger partial charge in [0.2, 0.25) is 5.43 Å². The van der Waals surface area contributed by atoms with E-state index in [1.54, 1.807) is 0 Å². The van der Waals surface area contributed by atoms with Gasteiger partial charge < -0.3 is 50.3 Å². The highest BCUT2D eigenvalue weighted by Gasteiger charge is 2.38. The van der Waals surface area contributed by atoms with Gasteiger partial charge in [0.05, 0.1) is 10.9 Å². The number of rotatable bonds is 4. The number of aromatic hydroxyl groups is 8. The van der Waals surface area contributed by atoms with Crippen LogP contribution in [0.5, 0.6) is 51.7 Å². The van der Waals surface area contributed by atoms with Gasteiger partial charge in [-0.05, 0) is 35.7 Å². The van der Waals surface area contributed by atoms with Crippen molar-refractivity contribution < 1.29 is 59.9 Å².